The number of hydrogen-bond acceptors (Lipinski definition) is 2. The van der Waals surface area contributed by atoms with E-state index >= 15 is 0 Å². The largest absolute Gasteiger partial charge is 0.459 e. The van der Waals surface area contributed by atoms with Crippen LogP contribution in [0.4, 0.5) is 0 Å². The summed E-state index contributed by atoms with van der Waals surface area (Å²) in [5.41, 5.74) is 2.22. The molecule has 136 valence electrons. The monoisotopic (exact) mass is 343 g/mol. The summed E-state index contributed by atoms with van der Waals surface area (Å²) in [7, 11) is 2.04. The van der Waals surface area contributed by atoms with Crippen LogP contribution in [0.15, 0.2) is 24.3 Å². The number of imidazole rings is 1. The SMILES string of the molecule is Cc1n(CC(=O)O[C@@H]2C[C@H](C)CC[C@H]2C(C)C)c2ccccc2[n+]1C. The van der Waals surface area contributed by atoms with Gasteiger partial charge in [0.2, 0.25) is 0 Å². The van der Waals surface area contributed by atoms with Gasteiger partial charge in [0, 0.05) is 6.92 Å². The van der Waals surface area contributed by atoms with Gasteiger partial charge in [-0.15, -0.1) is 0 Å². The van der Waals surface area contributed by atoms with E-state index in [9.17, 15) is 4.79 Å². The van der Waals surface area contributed by atoms with Crippen LogP contribution in [0.2, 0.25) is 0 Å². The first-order valence-corrected chi connectivity index (χ1v) is 9.51. The van der Waals surface area contributed by atoms with Crippen LogP contribution in [0.3, 0.4) is 0 Å². The third kappa shape index (κ3) is 3.58. The first-order valence-electron chi connectivity index (χ1n) is 9.51. The van der Waals surface area contributed by atoms with Crippen LogP contribution in [0.5, 0.6) is 0 Å². The minimum Gasteiger partial charge on any atom is -0.459 e. The van der Waals surface area contributed by atoms with E-state index in [2.05, 4.69) is 42.0 Å². The predicted molar refractivity (Wildman–Crippen MR) is 99.1 cm³/mol. The second-order valence-corrected chi connectivity index (χ2v) is 8.04. The van der Waals surface area contributed by atoms with Gasteiger partial charge in [0.05, 0.1) is 7.05 Å². The van der Waals surface area contributed by atoms with Crippen LogP contribution in [-0.4, -0.2) is 16.6 Å². The normalized spacial score (nSPS) is 24.0. The van der Waals surface area contributed by atoms with Crippen molar-refractivity contribution in [3.8, 4) is 0 Å². The van der Waals surface area contributed by atoms with Gasteiger partial charge in [0.1, 0.15) is 6.10 Å². The Kier molecular flexibility index (Phi) is 5.16. The van der Waals surface area contributed by atoms with Gasteiger partial charge in [0.25, 0.3) is 5.82 Å². The summed E-state index contributed by atoms with van der Waals surface area (Å²) in [6.07, 6.45) is 3.46. The van der Waals surface area contributed by atoms with Crippen molar-refractivity contribution >= 4 is 17.0 Å². The number of nitrogens with zero attached hydrogens (tertiary/aromatic N) is 2. The molecule has 25 heavy (non-hydrogen) atoms. The molecule has 1 aliphatic carbocycles. The number of aryl methyl sites for hydroxylation is 1. The molecule has 1 heterocycles. The number of esters is 1. The van der Waals surface area contributed by atoms with E-state index in [0.717, 1.165) is 29.7 Å². The lowest BCUT2D eigenvalue weighted by Gasteiger charge is -2.36. The number of para-hydroxylation sites is 2. The van der Waals surface area contributed by atoms with Crippen LogP contribution < -0.4 is 4.57 Å². The van der Waals surface area contributed by atoms with E-state index in [-0.39, 0.29) is 18.6 Å². The van der Waals surface area contributed by atoms with Crippen molar-refractivity contribution in [2.45, 2.75) is 59.6 Å². The van der Waals surface area contributed by atoms with Crippen molar-refractivity contribution < 1.29 is 14.1 Å². The van der Waals surface area contributed by atoms with E-state index < -0.39 is 0 Å². The lowest BCUT2D eigenvalue weighted by Crippen LogP contribution is -2.37. The summed E-state index contributed by atoms with van der Waals surface area (Å²) in [4.78, 5) is 12.7. The first-order chi connectivity index (χ1) is 11.9. The summed E-state index contributed by atoms with van der Waals surface area (Å²) >= 11 is 0. The van der Waals surface area contributed by atoms with Crippen LogP contribution >= 0.6 is 0 Å². The van der Waals surface area contributed by atoms with Crippen molar-refractivity contribution in [3.63, 3.8) is 0 Å². The molecular formula is C21H31N2O2+. The molecule has 3 atom stereocenters. The second kappa shape index (κ2) is 7.19. The number of carbonyl (C=O) groups is 1. The van der Waals surface area contributed by atoms with Gasteiger partial charge in [-0.3, -0.25) is 0 Å². The molecule has 0 unspecified atom stereocenters. The molecule has 0 saturated heterocycles. The molecule has 0 aliphatic heterocycles. The maximum atomic E-state index is 12.7. The van der Waals surface area contributed by atoms with E-state index in [4.69, 9.17) is 4.74 Å². The van der Waals surface area contributed by atoms with Crippen molar-refractivity contribution in [2.75, 3.05) is 0 Å². The second-order valence-electron chi connectivity index (χ2n) is 8.04. The Balaban J connectivity index is 1.77. The third-order valence-electron chi connectivity index (χ3n) is 5.94. The van der Waals surface area contributed by atoms with Gasteiger partial charge in [-0.25, -0.2) is 13.9 Å². The van der Waals surface area contributed by atoms with Crippen molar-refractivity contribution in [1.82, 2.24) is 4.57 Å². The highest BCUT2D eigenvalue weighted by atomic mass is 16.5. The Labute approximate surface area is 150 Å². The summed E-state index contributed by atoms with van der Waals surface area (Å²) < 4.78 is 10.2. The Hall–Kier alpha value is -1.84. The number of aromatic nitrogens is 2. The lowest BCUT2D eigenvalue weighted by atomic mass is 9.75. The van der Waals surface area contributed by atoms with Crippen LogP contribution in [-0.2, 0) is 23.1 Å². The van der Waals surface area contributed by atoms with E-state index in [1.165, 1.54) is 6.42 Å². The Morgan fingerprint density at radius 3 is 2.76 bits per heavy atom. The summed E-state index contributed by atoms with van der Waals surface area (Å²) in [5.74, 6) is 2.63. The molecule has 1 saturated carbocycles. The summed E-state index contributed by atoms with van der Waals surface area (Å²) in [6, 6.07) is 8.19. The fourth-order valence-corrected chi connectivity index (χ4v) is 4.29. The average Bonchev–Trinajstić information content (AvgIpc) is 2.80. The third-order valence-corrected chi connectivity index (χ3v) is 5.94. The highest BCUT2D eigenvalue weighted by molar-refractivity contribution is 5.76. The maximum absolute atomic E-state index is 12.7. The van der Waals surface area contributed by atoms with Crippen molar-refractivity contribution in [3.05, 3.63) is 30.1 Å². The van der Waals surface area contributed by atoms with E-state index in [1.54, 1.807) is 0 Å². The molecular weight excluding hydrogens is 312 g/mol. The molecule has 0 radical (unpaired) electrons. The molecule has 3 rings (SSSR count). The highest BCUT2D eigenvalue weighted by Gasteiger charge is 2.34. The van der Waals surface area contributed by atoms with Gasteiger partial charge in [-0.05, 0) is 42.7 Å². The topological polar surface area (TPSA) is 35.1 Å². The lowest BCUT2D eigenvalue weighted by molar-refractivity contribution is -0.652. The standard InChI is InChI=1S/C21H31N2O2/c1-14(2)17-11-10-15(3)12-20(17)25-21(24)13-23-16(4)22(5)18-8-6-7-9-19(18)23/h6-9,14-15,17,20H,10-13H2,1-5H3/q+1/t15-,17+,20-/m1/s1. The molecule has 1 aromatic heterocycles. The Bertz CT molecular complexity index is 763. The summed E-state index contributed by atoms with van der Waals surface area (Å²) in [5, 5.41) is 0. The molecule has 1 fully saturated rings. The Morgan fingerprint density at radius 1 is 1.32 bits per heavy atom. The highest BCUT2D eigenvalue weighted by Crippen LogP contribution is 2.35. The Morgan fingerprint density at radius 2 is 2.04 bits per heavy atom. The van der Waals surface area contributed by atoms with Gasteiger partial charge in [-0.1, -0.05) is 39.3 Å². The fourth-order valence-electron chi connectivity index (χ4n) is 4.29. The number of rotatable bonds is 4. The molecule has 1 aromatic carbocycles. The minimum atomic E-state index is -0.116. The molecule has 4 nitrogen and oxygen atoms in total. The van der Waals surface area contributed by atoms with Crippen molar-refractivity contribution in [2.24, 2.45) is 24.8 Å². The van der Waals surface area contributed by atoms with Crippen LogP contribution in [0, 0.1) is 24.7 Å². The zero-order valence-corrected chi connectivity index (χ0v) is 16.2. The van der Waals surface area contributed by atoms with Crippen molar-refractivity contribution in [1.29, 1.82) is 0 Å². The van der Waals surface area contributed by atoms with Crippen LogP contribution in [0.25, 0.3) is 11.0 Å². The molecule has 0 amide bonds. The molecule has 0 N–H and O–H groups in total. The number of benzene rings is 1. The van der Waals surface area contributed by atoms with Gasteiger partial charge in [0.15, 0.2) is 17.6 Å². The quantitative estimate of drug-likeness (QED) is 0.625. The number of ether oxygens (including phenoxy) is 1. The zero-order chi connectivity index (χ0) is 18.1. The summed E-state index contributed by atoms with van der Waals surface area (Å²) in [6.45, 7) is 9.08. The van der Waals surface area contributed by atoms with Gasteiger partial charge in [-0.2, -0.15) is 0 Å². The molecule has 0 spiro atoms. The number of hydrogen-bond donors (Lipinski definition) is 0. The molecule has 2 aromatic rings. The van der Waals surface area contributed by atoms with Crippen LogP contribution in [0.1, 0.15) is 45.9 Å². The van der Waals surface area contributed by atoms with E-state index in [1.807, 2.05) is 26.1 Å². The first kappa shape index (κ1) is 18.0. The smallest absolute Gasteiger partial charge is 0.348 e. The average molecular weight is 343 g/mol. The minimum absolute atomic E-state index is 0.0622. The fraction of sp³-hybridized carbons (Fsp3) is 0.619. The molecule has 4 heteroatoms. The van der Waals surface area contributed by atoms with E-state index in [0.29, 0.717) is 17.8 Å². The zero-order valence-electron chi connectivity index (χ0n) is 16.2. The molecule has 1 aliphatic rings. The van der Waals surface area contributed by atoms with Gasteiger partial charge < -0.3 is 4.74 Å². The van der Waals surface area contributed by atoms with Gasteiger partial charge >= 0.3 is 5.97 Å². The maximum Gasteiger partial charge on any atom is 0.348 e. The molecule has 0 bridgehead atoms. The number of carbonyl (C=O) groups excluding carboxylic acids is 1. The number of fused-ring (bicyclic) bond motifs is 1. The predicted octanol–water partition coefficient (Wildman–Crippen LogP) is 3.78.